The largest absolute Gasteiger partial charge is 0.490 e. The number of ether oxygens (including phenoxy) is 1. The average molecular weight is 446 g/mol. The maximum absolute atomic E-state index is 11.6. The smallest absolute Gasteiger partial charge is 0.161 e. The van der Waals surface area contributed by atoms with E-state index in [1.807, 2.05) is 41.3 Å². The van der Waals surface area contributed by atoms with Crippen molar-refractivity contribution in [3.63, 3.8) is 0 Å². The maximum Gasteiger partial charge on any atom is 0.161 e. The molecule has 8 heteroatoms. The van der Waals surface area contributed by atoms with Gasteiger partial charge >= 0.3 is 0 Å². The summed E-state index contributed by atoms with van der Waals surface area (Å²) in [6, 6.07) is 13.0. The van der Waals surface area contributed by atoms with Crippen LogP contribution in [0.25, 0.3) is 0 Å². The highest BCUT2D eigenvalue weighted by atomic mass is 35.5. The molecule has 0 bridgehead atoms. The Kier molecular flexibility index (Phi) is 6.11. The van der Waals surface area contributed by atoms with E-state index in [0.717, 1.165) is 29.7 Å². The molecular formula is C22H24ClN3O3S. The maximum atomic E-state index is 11.6. The van der Waals surface area contributed by atoms with Crippen LogP contribution in [0.4, 0.5) is 5.69 Å². The molecule has 1 heterocycles. The van der Waals surface area contributed by atoms with E-state index in [-0.39, 0.29) is 11.9 Å². The minimum absolute atomic E-state index is 0.00693. The van der Waals surface area contributed by atoms with Gasteiger partial charge in [-0.1, -0.05) is 23.7 Å². The van der Waals surface area contributed by atoms with Crippen molar-refractivity contribution in [2.45, 2.75) is 37.5 Å². The van der Waals surface area contributed by atoms with Crippen LogP contribution >= 0.6 is 11.6 Å². The third-order valence-corrected chi connectivity index (χ3v) is 6.24. The Bertz CT molecular complexity index is 1090. The van der Waals surface area contributed by atoms with Gasteiger partial charge in [0.15, 0.2) is 15.7 Å². The molecule has 0 N–H and O–H groups in total. The van der Waals surface area contributed by atoms with Crippen molar-refractivity contribution in [2.24, 2.45) is 9.98 Å². The van der Waals surface area contributed by atoms with E-state index < -0.39 is 9.84 Å². The lowest BCUT2D eigenvalue weighted by Gasteiger charge is -2.23. The summed E-state index contributed by atoms with van der Waals surface area (Å²) in [6.07, 6.45) is 7.65. The highest BCUT2D eigenvalue weighted by Crippen LogP contribution is 2.30. The van der Waals surface area contributed by atoms with Crippen LogP contribution in [0, 0.1) is 0 Å². The molecule has 6 nitrogen and oxygen atoms in total. The predicted octanol–water partition coefficient (Wildman–Crippen LogP) is 4.46. The fourth-order valence-corrected chi connectivity index (χ4v) is 4.69. The third kappa shape index (κ3) is 5.21. The topological polar surface area (TPSA) is 71.3 Å². The number of nitrogens with zero attached hydrogens (tertiary/aromatic N) is 3. The molecule has 158 valence electrons. The van der Waals surface area contributed by atoms with E-state index in [9.17, 15) is 8.42 Å². The Morgan fingerprint density at radius 2 is 1.97 bits per heavy atom. The highest BCUT2D eigenvalue weighted by Gasteiger charge is 2.21. The van der Waals surface area contributed by atoms with Crippen LogP contribution in [-0.4, -0.2) is 39.6 Å². The fraction of sp³-hybridized carbons (Fsp3) is 0.364. The summed E-state index contributed by atoms with van der Waals surface area (Å²) in [7, 11) is -3.09. The Morgan fingerprint density at radius 3 is 2.67 bits per heavy atom. The summed E-state index contributed by atoms with van der Waals surface area (Å²) >= 11 is 6.20. The number of halogens is 1. The van der Waals surface area contributed by atoms with E-state index in [4.69, 9.17) is 16.3 Å². The van der Waals surface area contributed by atoms with Gasteiger partial charge in [-0.25, -0.2) is 18.4 Å². The second kappa shape index (κ2) is 8.78. The Hall–Kier alpha value is -2.38. The molecular weight excluding hydrogens is 422 g/mol. The van der Waals surface area contributed by atoms with Crippen LogP contribution in [0.2, 0.25) is 5.02 Å². The van der Waals surface area contributed by atoms with Crippen LogP contribution in [0.15, 0.2) is 52.4 Å². The van der Waals surface area contributed by atoms with Gasteiger partial charge in [-0.2, -0.15) is 0 Å². The molecule has 2 aromatic carbocycles. The van der Waals surface area contributed by atoms with Gasteiger partial charge in [0.25, 0.3) is 0 Å². The Labute approximate surface area is 182 Å². The molecule has 1 fully saturated rings. The first kappa shape index (κ1) is 20.9. The third-order valence-electron chi connectivity index (χ3n) is 5.14. The summed E-state index contributed by atoms with van der Waals surface area (Å²) in [4.78, 5) is 11.0. The summed E-state index contributed by atoms with van der Waals surface area (Å²) in [6.45, 7) is 0.382. The molecule has 30 heavy (non-hydrogen) atoms. The second-order valence-electron chi connectivity index (χ2n) is 7.74. The van der Waals surface area contributed by atoms with Gasteiger partial charge in [0, 0.05) is 17.0 Å². The van der Waals surface area contributed by atoms with Crippen LogP contribution in [0.1, 0.15) is 36.8 Å². The molecule has 0 unspecified atom stereocenters. The molecule has 1 aliphatic heterocycles. The van der Waals surface area contributed by atoms with Gasteiger partial charge < -0.3 is 9.64 Å². The van der Waals surface area contributed by atoms with Crippen molar-refractivity contribution in [2.75, 3.05) is 17.8 Å². The van der Waals surface area contributed by atoms with Crippen LogP contribution in [0.5, 0.6) is 5.75 Å². The predicted molar refractivity (Wildman–Crippen MR) is 122 cm³/mol. The molecule has 0 radical (unpaired) electrons. The van der Waals surface area contributed by atoms with Crippen LogP contribution in [0.3, 0.4) is 0 Å². The quantitative estimate of drug-likeness (QED) is 0.658. The van der Waals surface area contributed by atoms with E-state index in [1.165, 1.54) is 19.1 Å². The number of sulfone groups is 1. The molecule has 0 spiro atoms. The summed E-state index contributed by atoms with van der Waals surface area (Å²) in [5.74, 6) is 1.32. The van der Waals surface area contributed by atoms with Crippen molar-refractivity contribution in [1.82, 2.24) is 0 Å². The highest BCUT2D eigenvalue weighted by molar-refractivity contribution is 7.89. The fourth-order valence-electron chi connectivity index (χ4n) is 3.74. The van der Waals surface area contributed by atoms with Crippen molar-refractivity contribution in [3.8, 4) is 5.75 Å². The first-order chi connectivity index (χ1) is 14.4. The van der Waals surface area contributed by atoms with Gasteiger partial charge in [0.2, 0.25) is 0 Å². The monoisotopic (exact) mass is 445 g/mol. The molecule has 1 saturated carbocycles. The van der Waals surface area contributed by atoms with Crippen molar-refractivity contribution in [1.29, 1.82) is 0 Å². The van der Waals surface area contributed by atoms with Gasteiger partial charge in [-0.05, 0) is 61.6 Å². The van der Waals surface area contributed by atoms with Crippen molar-refractivity contribution in [3.05, 3.63) is 58.6 Å². The standard InChI is InChI=1S/C22H24ClN3O3S/c1-30(27,28)13-16-5-4-6-18(11-16)26-14-24-22(25-15-26)20-10-9-17(23)12-21(20)29-19-7-2-3-8-19/h4-6,9-12,14,19H,2-3,7-8,13,15H2,1H3. The lowest BCUT2D eigenvalue weighted by atomic mass is 10.1. The number of amidine groups is 1. The molecule has 1 aliphatic carbocycles. The first-order valence-electron chi connectivity index (χ1n) is 9.96. The second-order valence-corrected chi connectivity index (χ2v) is 10.3. The molecule has 2 aliphatic rings. The minimum Gasteiger partial charge on any atom is -0.490 e. The zero-order valence-electron chi connectivity index (χ0n) is 16.8. The minimum atomic E-state index is -3.09. The van der Waals surface area contributed by atoms with Crippen LogP contribution in [-0.2, 0) is 15.6 Å². The molecule has 0 amide bonds. The van der Waals surface area contributed by atoms with E-state index in [0.29, 0.717) is 23.3 Å². The number of aliphatic imine (C=N–C) groups is 2. The summed E-state index contributed by atoms with van der Waals surface area (Å²) < 4.78 is 29.4. The summed E-state index contributed by atoms with van der Waals surface area (Å²) in [5.41, 5.74) is 2.41. The van der Waals surface area contributed by atoms with Gasteiger partial charge in [-0.15, -0.1) is 0 Å². The number of anilines is 1. The Morgan fingerprint density at radius 1 is 1.17 bits per heavy atom. The number of hydrogen-bond acceptors (Lipinski definition) is 6. The number of benzene rings is 2. The van der Waals surface area contributed by atoms with Gasteiger partial charge in [0.1, 0.15) is 12.4 Å². The van der Waals surface area contributed by atoms with E-state index in [1.54, 1.807) is 12.4 Å². The molecule has 2 aromatic rings. The first-order valence-corrected chi connectivity index (χ1v) is 12.4. The van der Waals surface area contributed by atoms with E-state index in [2.05, 4.69) is 9.98 Å². The van der Waals surface area contributed by atoms with Gasteiger partial charge in [-0.3, -0.25) is 0 Å². The molecule has 0 atom stereocenters. The lowest BCUT2D eigenvalue weighted by molar-refractivity contribution is 0.209. The molecule has 4 rings (SSSR count). The van der Waals surface area contributed by atoms with E-state index >= 15 is 0 Å². The molecule has 0 saturated heterocycles. The number of hydrogen-bond donors (Lipinski definition) is 0. The van der Waals surface area contributed by atoms with Crippen LogP contribution < -0.4 is 9.64 Å². The molecule has 0 aromatic heterocycles. The van der Waals surface area contributed by atoms with Gasteiger partial charge in [0.05, 0.1) is 23.8 Å². The normalized spacial score (nSPS) is 17.3. The lowest BCUT2D eigenvalue weighted by Crippen LogP contribution is -2.27. The number of rotatable bonds is 6. The SMILES string of the molecule is CS(=O)(=O)Cc1cccc(N2C=NC(c3ccc(Cl)cc3OC3CCCC3)=NC2)c1. The van der Waals surface area contributed by atoms with Crippen molar-refractivity contribution < 1.29 is 13.2 Å². The van der Waals surface area contributed by atoms with Crippen molar-refractivity contribution >= 4 is 39.3 Å². The zero-order valence-corrected chi connectivity index (χ0v) is 18.4. The summed E-state index contributed by atoms with van der Waals surface area (Å²) in [5, 5.41) is 0.622. The Balaban J connectivity index is 1.52. The average Bonchev–Trinajstić information content (AvgIpc) is 3.20. The zero-order chi connectivity index (χ0) is 21.1.